The molecule has 4 rings (SSSR count). The monoisotopic (exact) mass is 510 g/mol. The smallest absolute Gasteiger partial charge is 0.400 e. The molecule has 0 unspecified atom stereocenters. The number of rotatable bonds is 7. The first-order valence-electron chi connectivity index (χ1n) is 11.9. The van der Waals surface area contributed by atoms with Crippen molar-refractivity contribution in [2.75, 3.05) is 0 Å². The number of benzene rings is 3. The Morgan fingerprint density at radius 1 is 0.722 bits per heavy atom. The van der Waals surface area contributed by atoms with E-state index >= 15 is 0 Å². The lowest BCUT2D eigenvalue weighted by atomic mass is 9.79. The van der Waals surface area contributed by atoms with Crippen LogP contribution in [0.4, 0.5) is 30.7 Å². The van der Waals surface area contributed by atoms with Crippen LogP contribution >= 0.6 is 0 Å². The van der Waals surface area contributed by atoms with Gasteiger partial charge in [0, 0.05) is 17.2 Å². The lowest BCUT2D eigenvalue weighted by molar-refractivity contribution is -0.223. The van der Waals surface area contributed by atoms with Crippen LogP contribution in [-0.4, -0.2) is 6.11 Å². The molecule has 0 N–H and O–H groups in total. The van der Waals surface area contributed by atoms with E-state index in [0.717, 1.165) is 25.0 Å². The number of hydrogen-bond donors (Lipinski definition) is 0. The fourth-order valence-corrected chi connectivity index (χ4v) is 4.86. The average molecular weight is 510 g/mol. The van der Waals surface area contributed by atoms with Crippen molar-refractivity contribution in [2.24, 2.45) is 11.8 Å². The van der Waals surface area contributed by atoms with Crippen molar-refractivity contribution in [3.05, 3.63) is 77.6 Å². The predicted molar refractivity (Wildman–Crippen MR) is 123 cm³/mol. The second kappa shape index (κ2) is 10.5. The molecule has 0 radical (unpaired) electrons. The molecule has 1 aliphatic rings. The lowest BCUT2D eigenvalue weighted by Gasteiger charge is -2.33. The first kappa shape index (κ1) is 26.0. The molecule has 3 aromatic carbocycles. The summed E-state index contributed by atoms with van der Waals surface area (Å²) < 4.78 is 104. The minimum atomic E-state index is -3.45. The number of hydrogen-bond acceptors (Lipinski definition) is 1. The molecule has 0 amide bonds. The summed E-state index contributed by atoms with van der Waals surface area (Å²) in [5, 5.41) is 0. The van der Waals surface area contributed by atoms with Crippen molar-refractivity contribution in [1.29, 1.82) is 0 Å². The van der Waals surface area contributed by atoms with Crippen molar-refractivity contribution < 1.29 is 35.5 Å². The van der Waals surface area contributed by atoms with E-state index in [-0.39, 0.29) is 28.0 Å². The number of ether oxygens (including phenoxy) is 1. The average Bonchev–Trinajstić information content (AvgIpc) is 2.82. The molecule has 0 atom stereocenters. The molecule has 1 aliphatic carbocycles. The van der Waals surface area contributed by atoms with Gasteiger partial charge in [0.05, 0.1) is 5.92 Å². The van der Waals surface area contributed by atoms with E-state index in [0.29, 0.717) is 43.7 Å². The van der Waals surface area contributed by atoms with Gasteiger partial charge in [-0.2, -0.15) is 8.78 Å². The van der Waals surface area contributed by atoms with Crippen molar-refractivity contribution >= 4 is 0 Å². The molecule has 1 nitrogen and oxygen atoms in total. The van der Waals surface area contributed by atoms with Gasteiger partial charge in [0.25, 0.3) is 0 Å². The Bertz CT molecular complexity index is 1210. The summed E-state index contributed by atoms with van der Waals surface area (Å²) in [5.74, 6) is -7.28. The second-order valence-electron chi connectivity index (χ2n) is 9.26. The third-order valence-corrected chi connectivity index (χ3v) is 6.79. The zero-order valence-electron chi connectivity index (χ0n) is 19.6. The molecule has 0 saturated heterocycles. The van der Waals surface area contributed by atoms with Gasteiger partial charge >= 0.3 is 6.11 Å². The molecule has 36 heavy (non-hydrogen) atoms. The normalized spacial score (nSPS) is 18.3. The van der Waals surface area contributed by atoms with Crippen LogP contribution in [0.1, 0.15) is 45.4 Å². The van der Waals surface area contributed by atoms with Crippen LogP contribution in [0.3, 0.4) is 0 Å². The highest BCUT2D eigenvalue weighted by molar-refractivity contribution is 5.71. The molecule has 0 aliphatic heterocycles. The molecule has 1 saturated carbocycles. The first-order chi connectivity index (χ1) is 17.1. The van der Waals surface area contributed by atoms with E-state index in [1.54, 1.807) is 0 Å². The molecule has 3 aromatic rings. The van der Waals surface area contributed by atoms with Gasteiger partial charge in [-0.3, -0.25) is 0 Å². The molecule has 0 bridgehead atoms. The van der Waals surface area contributed by atoms with E-state index in [9.17, 15) is 30.7 Å². The molecule has 8 heteroatoms. The largest absolute Gasteiger partial charge is 0.432 e. The van der Waals surface area contributed by atoms with Gasteiger partial charge in [-0.25, -0.2) is 22.0 Å². The Kier molecular flexibility index (Phi) is 7.62. The summed E-state index contributed by atoms with van der Waals surface area (Å²) in [5.41, 5.74) is -0.451. The summed E-state index contributed by atoms with van der Waals surface area (Å²) in [4.78, 5) is 0. The summed E-state index contributed by atoms with van der Waals surface area (Å²) >= 11 is 0. The van der Waals surface area contributed by atoms with E-state index in [2.05, 4.69) is 6.92 Å². The van der Waals surface area contributed by atoms with Gasteiger partial charge in [0.15, 0.2) is 17.5 Å². The van der Waals surface area contributed by atoms with Crippen molar-refractivity contribution in [1.82, 2.24) is 0 Å². The minimum absolute atomic E-state index is 0.0735. The third kappa shape index (κ3) is 5.52. The summed E-state index contributed by atoms with van der Waals surface area (Å²) in [6.07, 6.45) is 0.692. The second-order valence-corrected chi connectivity index (χ2v) is 9.26. The van der Waals surface area contributed by atoms with Gasteiger partial charge in [0.1, 0.15) is 17.4 Å². The molecule has 1 fully saturated rings. The van der Waals surface area contributed by atoms with Crippen LogP contribution < -0.4 is 4.74 Å². The van der Waals surface area contributed by atoms with Crippen LogP contribution in [0.25, 0.3) is 22.3 Å². The number of halogens is 7. The van der Waals surface area contributed by atoms with Crippen LogP contribution in [0.15, 0.2) is 48.5 Å². The Labute approximate surface area is 204 Å². The Morgan fingerprint density at radius 3 is 1.86 bits per heavy atom. The minimum Gasteiger partial charge on any atom is -0.432 e. The third-order valence-electron chi connectivity index (χ3n) is 6.79. The van der Waals surface area contributed by atoms with E-state index < -0.39 is 41.1 Å². The van der Waals surface area contributed by atoms with E-state index in [1.165, 1.54) is 24.3 Å². The molecule has 0 aromatic heterocycles. The lowest BCUT2D eigenvalue weighted by Crippen LogP contribution is -2.37. The Balaban J connectivity index is 1.50. The highest BCUT2D eigenvalue weighted by Crippen LogP contribution is 2.41. The molecular weight excluding hydrogens is 485 g/mol. The highest BCUT2D eigenvalue weighted by atomic mass is 19.3. The molecule has 0 heterocycles. The predicted octanol–water partition coefficient (Wildman–Crippen LogP) is 9.29. The maximum atomic E-state index is 14.8. The fraction of sp³-hybridized carbons (Fsp3) is 0.357. The van der Waals surface area contributed by atoms with E-state index in [1.807, 2.05) is 0 Å². The van der Waals surface area contributed by atoms with Crippen LogP contribution in [0.5, 0.6) is 5.75 Å². The summed E-state index contributed by atoms with van der Waals surface area (Å²) in [6.45, 7) is 2.07. The maximum Gasteiger partial charge on any atom is 0.400 e. The zero-order chi connectivity index (χ0) is 26.0. The van der Waals surface area contributed by atoms with Crippen molar-refractivity contribution in [2.45, 2.75) is 51.6 Å². The summed E-state index contributed by atoms with van der Waals surface area (Å²) in [6, 6.07) is 7.93. The standard InChI is InChI=1S/C28H25F7O/c1-2-3-16-4-7-19(8-5-16)28(34,35)36-20-9-11-21(24(30)15-20)17-6-10-22(23(29)12-17)18-13-25(31)27(33)26(32)14-18/h6,9-16,19H,2-5,7-8H2,1H3. The van der Waals surface area contributed by atoms with Crippen molar-refractivity contribution in [3.8, 4) is 28.0 Å². The van der Waals surface area contributed by atoms with Crippen LogP contribution in [0.2, 0.25) is 0 Å². The Morgan fingerprint density at radius 2 is 1.28 bits per heavy atom. The topological polar surface area (TPSA) is 9.23 Å². The fourth-order valence-electron chi connectivity index (χ4n) is 4.86. The SMILES string of the molecule is CCCC1CCC(C(F)(F)Oc2ccc(-c3ccc(-c4cc(F)c(F)c(F)c4)c(F)c3)c(F)c2)CC1. The maximum absolute atomic E-state index is 14.8. The van der Waals surface area contributed by atoms with Gasteiger partial charge < -0.3 is 4.74 Å². The molecule has 0 spiro atoms. The van der Waals surface area contributed by atoms with Crippen LogP contribution in [0, 0.1) is 40.9 Å². The molecular formula is C28H25F7O. The highest BCUT2D eigenvalue weighted by Gasteiger charge is 2.44. The quantitative estimate of drug-likeness (QED) is 0.227. The zero-order valence-corrected chi connectivity index (χ0v) is 19.6. The van der Waals surface area contributed by atoms with Gasteiger partial charge in [-0.15, -0.1) is 0 Å². The van der Waals surface area contributed by atoms with Crippen LogP contribution in [-0.2, 0) is 0 Å². The summed E-state index contributed by atoms with van der Waals surface area (Å²) in [7, 11) is 0. The van der Waals surface area contributed by atoms with Gasteiger partial charge in [-0.05, 0) is 73.1 Å². The van der Waals surface area contributed by atoms with E-state index in [4.69, 9.17) is 4.74 Å². The van der Waals surface area contributed by atoms with Gasteiger partial charge in [-0.1, -0.05) is 31.9 Å². The Hall–Kier alpha value is -3.03. The molecule has 192 valence electrons. The first-order valence-corrected chi connectivity index (χ1v) is 11.9. The van der Waals surface area contributed by atoms with Crippen molar-refractivity contribution in [3.63, 3.8) is 0 Å². The van der Waals surface area contributed by atoms with Gasteiger partial charge in [0.2, 0.25) is 0 Å². The number of alkyl halides is 2.